The molecule has 0 radical (unpaired) electrons. The molecule has 1 saturated carbocycles. The van der Waals surface area contributed by atoms with Crippen LogP contribution < -0.4 is 5.32 Å². The molecule has 1 aliphatic carbocycles. The van der Waals surface area contributed by atoms with Crippen LogP contribution >= 0.6 is 11.6 Å². The summed E-state index contributed by atoms with van der Waals surface area (Å²) in [6.07, 6.45) is 2.58. The molecule has 0 bridgehead atoms. The fourth-order valence-corrected chi connectivity index (χ4v) is 3.80. The lowest BCUT2D eigenvalue weighted by Crippen LogP contribution is -2.35. The van der Waals surface area contributed by atoms with Gasteiger partial charge < -0.3 is 5.32 Å². The second kappa shape index (κ2) is 5.49. The summed E-state index contributed by atoms with van der Waals surface area (Å²) in [6, 6.07) is 7.41. The molecule has 0 aliphatic heterocycles. The maximum Gasteiger partial charge on any atom is 0.178 e. The van der Waals surface area contributed by atoms with E-state index in [4.69, 9.17) is 11.6 Å². The summed E-state index contributed by atoms with van der Waals surface area (Å²) in [4.78, 5) is 0.402. The number of hydrogen-bond donors (Lipinski definition) is 1. The maximum absolute atomic E-state index is 11.8. The van der Waals surface area contributed by atoms with E-state index in [9.17, 15) is 8.42 Å². The van der Waals surface area contributed by atoms with Crippen molar-refractivity contribution in [2.75, 3.05) is 11.1 Å². The van der Waals surface area contributed by atoms with Gasteiger partial charge in [0.2, 0.25) is 0 Å². The van der Waals surface area contributed by atoms with Crippen molar-refractivity contribution in [1.29, 1.82) is 0 Å². The molecule has 0 aromatic heterocycles. The second-order valence-corrected chi connectivity index (χ2v) is 7.48. The highest BCUT2D eigenvalue weighted by Gasteiger charge is 2.26. The van der Waals surface area contributed by atoms with Gasteiger partial charge in [-0.25, -0.2) is 8.42 Å². The van der Waals surface area contributed by atoms with Gasteiger partial charge in [-0.05, 0) is 43.5 Å². The highest BCUT2D eigenvalue weighted by Crippen LogP contribution is 2.28. The van der Waals surface area contributed by atoms with Crippen molar-refractivity contribution in [2.45, 2.75) is 42.5 Å². The fourth-order valence-electron chi connectivity index (χ4n) is 2.05. The monoisotopic (exact) mass is 287 g/mol. The van der Waals surface area contributed by atoms with Gasteiger partial charge in [0.1, 0.15) is 0 Å². The number of nitrogens with one attached hydrogen (secondary N) is 1. The zero-order valence-corrected chi connectivity index (χ0v) is 12.0. The average molecular weight is 288 g/mol. The Labute approximate surface area is 113 Å². The summed E-state index contributed by atoms with van der Waals surface area (Å²) < 4.78 is 23.7. The van der Waals surface area contributed by atoms with Crippen LogP contribution in [0.25, 0.3) is 0 Å². The number of sulfone groups is 1. The van der Waals surface area contributed by atoms with Gasteiger partial charge in [-0.1, -0.05) is 6.92 Å². The molecular formula is C13H18ClNO2S. The lowest BCUT2D eigenvalue weighted by atomic mass is 9.92. The Hall–Kier alpha value is -0.740. The topological polar surface area (TPSA) is 46.2 Å². The van der Waals surface area contributed by atoms with Crippen molar-refractivity contribution >= 4 is 27.1 Å². The van der Waals surface area contributed by atoms with E-state index >= 15 is 0 Å². The number of hydrogen-bond acceptors (Lipinski definition) is 3. The van der Waals surface area contributed by atoms with E-state index in [2.05, 4.69) is 5.32 Å². The number of benzene rings is 1. The smallest absolute Gasteiger partial charge is 0.178 e. The quantitative estimate of drug-likeness (QED) is 0.847. The largest absolute Gasteiger partial charge is 0.382 e. The predicted molar refractivity (Wildman–Crippen MR) is 75.1 cm³/mol. The van der Waals surface area contributed by atoms with E-state index in [0.717, 1.165) is 18.5 Å². The third-order valence-electron chi connectivity index (χ3n) is 3.14. The molecule has 100 valence electrons. The van der Waals surface area contributed by atoms with E-state index in [-0.39, 0.29) is 11.1 Å². The normalized spacial score (nSPS) is 23.4. The molecule has 0 saturated heterocycles. The van der Waals surface area contributed by atoms with Crippen molar-refractivity contribution in [3.63, 3.8) is 0 Å². The van der Waals surface area contributed by atoms with E-state index in [0.29, 0.717) is 17.4 Å². The zero-order chi connectivity index (χ0) is 13.2. The van der Waals surface area contributed by atoms with Crippen LogP contribution in [0.1, 0.15) is 26.2 Å². The molecule has 18 heavy (non-hydrogen) atoms. The summed E-state index contributed by atoms with van der Waals surface area (Å²) in [7, 11) is -3.10. The van der Waals surface area contributed by atoms with Gasteiger partial charge >= 0.3 is 0 Å². The van der Waals surface area contributed by atoms with Crippen molar-refractivity contribution in [2.24, 2.45) is 0 Å². The molecule has 1 N–H and O–H groups in total. The summed E-state index contributed by atoms with van der Waals surface area (Å²) in [6.45, 7) is 1.87. The molecule has 1 aliphatic rings. The molecule has 0 amide bonds. The molecule has 1 fully saturated rings. The molecule has 0 unspecified atom stereocenters. The van der Waals surface area contributed by atoms with Gasteiger partial charge in [-0.2, -0.15) is 0 Å². The molecule has 0 spiro atoms. The molecule has 5 heteroatoms. The van der Waals surface area contributed by atoms with Crippen molar-refractivity contribution in [3.8, 4) is 0 Å². The van der Waals surface area contributed by atoms with E-state index in [1.54, 1.807) is 12.1 Å². The second-order valence-electron chi connectivity index (χ2n) is 4.75. The summed E-state index contributed by atoms with van der Waals surface area (Å²) in [5.41, 5.74) is 0.957. The van der Waals surface area contributed by atoms with Crippen LogP contribution in [0.2, 0.25) is 0 Å². The Morgan fingerprint density at radius 1 is 1.28 bits per heavy atom. The molecule has 0 atom stereocenters. The SMILES string of the molecule is CCCS(=O)(=O)c1ccc(NC2CC(Cl)C2)cc1. The third kappa shape index (κ3) is 3.18. The van der Waals surface area contributed by atoms with Crippen molar-refractivity contribution in [3.05, 3.63) is 24.3 Å². The zero-order valence-electron chi connectivity index (χ0n) is 10.4. The maximum atomic E-state index is 11.8. The van der Waals surface area contributed by atoms with E-state index in [1.165, 1.54) is 0 Å². The summed E-state index contributed by atoms with van der Waals surface area (Å²) in [5.74, 6) is 0.205. The van der Waals surface area contributed by atoms with E-state index in [1.807, 2.05) is 19.1 Å². The van der Waals surface area contributed by atoms with Gasteiger partial charge in [0.25, 0.3) is 0 Å². The standard InChI is InChI=1S/C13H18ClNO2S/c1-2-7-18(16,17)13-5-3-11(4-6-13)15-12-8-10(14)9-12/h3-6,10,12,15H,2,7-9H2,1H3. The van der Waals surface area contributed by atoms with Gasteiger partial charge in [0.05, 0.1) is 10.6 Å². The van der Waals surface area contributed by atoms with Crippen LogP contribution in [-0.4, -0.2) is 25.6 Å². The number of anilines is 1. The van der Waals surface area contributed by atoms with E-state index < -0.39 is 9.84 Å². The predicted octanol–water partition coefficient (Wildman–Crippen LogP) is 3.05. The summed E-state index contributed by atoms with van der Waals surface area (Å²) in [5, 5.41) is 3.62. The Kier molecular flexibility index (Phi) is 4.17. The molecule has 1 aromatic rings. The van der Waals surface area contributed by atoms with Crippen LogP contribution in [-0.2, 0) is 9.84 Å². The molecule has 3 nitrogen and oxygen atoms in total. The Balaban J connectivity index is 2.01. The van der Waals surface area contributed by atoms with Crippen molar-refractivity contribution in [1.82, 2.24) is 0 Å². The van der Waals surface area contributed by atoms with Gasteiger partial charge in [-0.3, -0.25) is 0 Å². The van der Waals surface area contributed by atoms with Gasteiger partial charge in [-0.15, -0.1) is 11.6 Å². The average Bonchev–Trinajstić information content (AvgIpc) is 2.28. The molecule has 2 rings (SSSR count). The molecular weight excluding hydrogens is 270 g/mol. The first-order valence-electron chi connectivity index (χ1n) is 6.24. The lowest BCUT2D eigenvalue weighted by Gasteiger charge is -2.32. The minimum Gasteiger partial charge on any atom is -0.382 e. The van der Waals surface area contributed by atoms with Crippen LogP contribution in [0.3, 0.4) is 0 Å². The Morgan fingerprint density at radius 2 is 1.89 bits per heavy atom. The first kappa shape index (κ1) is 13.7. The van der Waals surface area contributed by atoms with Crippen LogP contribution in [0.5, 0.6) is 0 Å². The number of rotatable bonds is 5. The number of halogens is 1. The molecule has 1 aromatic carbocycles. The van der Waals surface area contributed by atoms with Crippen molar-refractivity contribution < 1.29 is 8.42 Å². The first-order chi connectivity index (χ1) is 8.51. The van der Waals surface area contributed by atoms with Crippen LogP contribution in [0.4, 0.5) is 5.69 Å². The van der Waals surface area contributed by atoms with Crippen LogP contribution in [0.15, 0.2) is 29.2 Å². The fraction of sp³-hybridized carbons (Fsp3) is 0.538. The minimum absolute atomic E-state index is 0.205. The van der Waals surface area contributed by atoms with Crippen LogP contribution in [0, 0.1) is 0 Å². The third-order valence-corrected chi connectivity index (χ3v) is 5.43. The Morgan fingerprint density at radius 3 is 2.39 bits per heavy atom. The first-order valence-corrected chi connectivity index (χ1v) is 8.33. The van der Waals surface area contributed by atoms with Gasteiger partial charge in [0, 0.05) is 17.1 Å². The van der Waals surface area contributed by atoms with Gasteiger partial charge in [0.15, 0.2) is 9.84 Å². The lowest BCUT2D eigenvalue weighted by molar-refractivity contribution is 0.455. The highest BCUT2D eigenvalue weighted by molar-refractivity contribution is 7.91. The highest BCUT2D eigenvalue weighted by atomic mass is 35.5. The minimum atomic E-state index is -3.10. The summed E-state index contributed by atoms with van der Waals surface area (Å²) >= 11 is 5.91. The molecule has 0 heterocycles. The number of alkyl halides is 1. The Bertz CT molecular complexity index is 492.